The van der Waals surface area contributed by atoms with Crippen molar-refractivity contribution < 1.29 is 19.5 Å². The first-order valence-electron chi connectivity index (χ1n) is 11.3. The number of carboxylic acids is 1. The van der Waals surface area contributed by atoms with E-state index in [0.29, 0.717) is 25.4 Å². The zero-order chi connectivity index (χ0) is 24.3. The van der Waals surface area contributed by atoms with E-state index in [2.05, 4.69) is 15.5 Å². The second-order valence-electron chi connectivity index (χ2n) is 8.21. The van der Waals surface area contributed by atoms with Gasteiger partial charge in [-0.3, -0.25) is 9.78 Å². The van der Waals surface area contributed by atoms with Gasteiger partial charge in [-0.05, 0) is 48.7 Å². The number of aliphatic carboxylic acids is 1. The van der Waals surface area contributed by atoms with E-state index in [9.17, 15) is 9.90 Å². The van der Waals surface area contributed by atoms with Gasteiger partial charge in [0.05, 0.1) is 11.4 Å². The zero-order valence-electron chi connectivity index (χ0n) is 19.8. The SMILES string of the molecule is C/C(=N/OCCOc1ccc(CC(NC(C)C)C(=O)O)cc1)c1ccc(-c2ccccn2)cc1. The molecular weight excluding hydrogens is 430 g/mol. The topological polar surface area (TPSA) is 93.0 Å². The molecule has 2 N–H and O–H groups in total. The fraction of sp³-hybridized carbons (Fsp3) is 0.296. The largest absolute Gasteiger partial charge is 0.490 e. The van der Waals surface area contributed by atoms with Crippen LogP contribution in [0.2, 0.25) is 0 Å². The highest BCUT2D eigenvalue weighted by Gasteiger charge is 2.18. The van der Waals surface area contributed by atoms with Crippen LogP contribution in [0.4, 0.5) is 0 Å². The van der Waals surface area contributed by atoms with Crippen molar-refractivity contribution in [1.82, 2.24) is 10.3 Å². The molecule has 7 nitrogen and oxygen atoms in total. The first-order chi connectivity index (χ1) is 16.4. The fourth-order valence-corrected chi connectivity index (χ4v) is 3.39. The van der Waals surface area contributed by atoms with E-state index in [0.717, 1.165) is 28.1 Å². The summed E-state index contributed by atoms with van der Waals surface area (Å²) in [7, 11) is 0. The number of rotatable bonds is 12. The number of carbonyl (C=O) groups is 1. The van der Waals surface area contributed by atoms with Crippen LogP contribution in [0.25, 0.3) is 11.3 Å². The minimum atomic E-state index is -0.855. The van der Waals surface area contributed by atoms with Crippen LogP contribution in [0.3, 0.4) is 0 Å². The minimum Gasteiger partial charge on any atom is -0.490 e. The van der Waals surface area contributed by atoms with Crippen molar-refractivity contribution in [2.45, 2.75) is 39.3 Å². The molecule has 1 heterocycles. The molecule has 0 aliphatic heterocycles. The van der Waals surface area contributed by atoms with Gasteiger partial charge < -0.3 is 20.0 Å². The molecule has 2 aromatic carbocycles. The highest BCUT2D eigenvalue weighted by Crippen LogP contribution is 2.17. The summed E-state index contributed by atoms with van der Waals surface area (Å²) >= 11 is 0. The molecule has 1 aromatic heterocycles. The van der Waals surface area contributed by atoms with Gasteiger partial charge >= 0.3 is 5.97 Å². The summed E-state index contributed by atoms with van der Waals surface area (Å²) in [4.78, 5) is 21.2. The Morgan fingerprint density at radius 3 is 2.38 bits per heavy atom. The summed E-state index contributed by atoms with van der Waals surface area (Å²) in [6.07, 6.45) is 2.19. The molecule has 1 unspecified atom stereocenters. The maximum absolute atomic E-state index is 11.4. The Morgan fingerprint density at radius 2 is 1.76 bits per heavy atom. The second-order valence-corrected chi connectivity index (χ2v) is 8.21. The Morgan fingerprint density at radius 1 is 1.03 bits per heavy atom. The number of nitrogens with zero attached hydrogens (tertiary/aromatic N) is 2. The molecule has 0 saturated carbocycles. The highest BCUT2D eigenvalue weighted by atomic mass is 16.6. The molecule has 0 aliphatic rings. The Hall–Kier alpha value is -3.71. The van der Waals surface area contributed by atoms with E-state index in [1.54, 1.807) is 6.20 Å². The van der Waals surface area contributed by atoms with Crippen LogP contribution in [-0.4, -0.2) is 47.1 Å². The maximum Gasteiger partial charge on any atom is 0.321 e. The molecule has 0 fully saturated rings. The minimum absolute atomic E-state index is 0.0981. The van der Waals surface area contributed by atoms with Crippen LogP contribution in [0.1, 0.15) is 31.9 Å². The second kappa shape index (κ2) is 12.5. The highest BCUT2D eigenvalue weighted by molar-refractivity contribution is 5.98. The van der Waals surface area contributed by atoms with Crippen LogP contribution in [0.15, 0.2) is 78.1 Å². The molecule has 3 rings (SSSR count). The van der Waals surface area contributed by atoms with Crippen molar-refractivity contribution in [2.75, 3.05) is 13.2 Å². The number of benzene rings is 2. The summed E-state index contributed by atoms with van der Waals surface area (Å²) in [5.41, 5.74) is 4.66. The molecule has 0 radical (unpaired) electrons. The molecule has 34 heavy (non-hydrogen) atoms. The number of hydrogen-bond donors (Lipinski definition) is 2. The molecule has 0 saturated heterocycles. The molecular formula is C27H31N3O4. The summed E-state index contributed by atoms with van der Waals surface area (Å²) in [6.45, 7) is 6.42. The first kappa shape index (κ1) is 24.9. The Bertz CT molecular complexity index is 1070. The van der Waals surface area contributed by atoms with Crippen molar-refractivity contribution >= 4 is 11.7 Å². The number of nitrogens with one attached hydrogen (secondary N) is 1. The van der Waals surface area contributed by atoms with Crippen LogP contribution in [-0.2, 0) is 16.1 Å². The van der Waals surface area contributed by atoms with Gasteiger partial charge in [0.15, 0.2) is 6.61 Å². The summed E-state index contributed by atoms with van der Waals surface area (Å²) in [6, 6.07) is 20.8. The molecule has 1 atom stereocenters. The zero-order valence-corrected chi connectivity index (χ0v) is 19.8. The lowest BCUT2D eigenvalue weighted by Gasteiger charge is -2.17. The van der Waals surface area contributed by atoms with E-state index < -0.39 is 12.0 Å². The van der Waals surface area contributed by atoms with Crippen molar-refractivity contribution in [3.05, 3.63) is 84.1 Å². The summed E-state index contributed by atoms with van der Waals surface area (Å²) in [5.74, 6) is -0.159. The van der Waals surface area contributed by atoms with Crippen molar-refractivity contribution in [1.29, 1.82) is 0 Å². The van der Waals surface area contributed by atoms with E-state index >= 15 is 0 Å². The van der Waals surface area contributed by atoms with Gasteiger partial charge in [0.25, 0.3) is 0 Å². The monoisotopic (exact) mass is 461 g/mol. The van der Waals surface area contributed by atoms with Gasteiger partial charge in [-0.1, -0.05) is 61.5 Å². The number of aromatic nitrogens is 1. The number of pyridine rings is 1. The van der Waals surface area contributed by atoms with Crippen molar-refractivity contribution in [2.24, 2.45) is 5.16 Å². The van der Waals surface area contributed by atoms with Crippen LogP contribution in [0, 0.1) is 0 Å². The van der Waals surface area contributed by atoms with Gasteiger partial charge in [-0.2, -0.15) is 0 Å². The molecule has 3 aromatic rings. The third kappa shape index (κ3) is 7.71. The van der Waals surface area contributed by atoms with Gasteiger partial charge in [-0.15, -0.1) is 0 Å². The lowest BCUT2D eigenvalue weighted by molar-refractivity contribution is -0.139. The number of carboxylic acid groups (broad SMARTS) is 1. The van der Waals surface area contributed by atoms with Crippen LogP contribution >= 0.6 is 0 Å². The molecule has 0 bridgehead atoms. The maximum atomic E-state index is 11.4. The standard InChI is InChI=1S/C27H31N3O4/c1-19(2)29-26(27(31)32)18-21-7-13-24(14-8-21)33-16-17-34-30-20(3)22-9-11-23(12-10-22)25-6-4-5-15-28-25/h4-15,19,26,29H,16-18H2,1-3H3,(H,31,32)/b30-20-. The summed E-state index contributed by atoms with van der Waals surface area (Å²) in [5, 5.41) is 16.6. The van der Waals surface area contributed by atoms with Crippen LogP contribution in [0.5, 0.6) is 5.75 Å². The quantitative estimate of drug-likeness (QED) is 0.233. The first-order valence-corrected chi connectivity index (χ1v) is 11.3. The fourth-order valence-electron chi connectivity index (χ4n) is 3.39. The van der Waals surface area contributed by atoms with Gasteiger partial charge in [0, 0.05) is 17.8 Å². The Balaban J connectivity index is 1.43. The van der Waals surface area contributed by atoms with E-state index in [-0.39, 0.29) is 6.04 Å². The number of oxime groups is 1. The average molecular weight is 462 g/mol. The number of ether oxygens (including phenoxy) is 1. The normalized spacial score (nSPS) is 12.4. The predicted molar refractivity (Wildman–Crippen MR) is 133 cm³/mol. The third-order valence-electron chi connectivity index (χ3n) is 5.10. The number of hydrogen-bond acceptors (Lipinski definition) is 6. The van der Waals surface area contributed by atoms with E-state index in [4.69, 9.17) is 9.57 Å². The van der Waals surface area contributed by atoms with Crippen molar-refractivity contribution in [3.8, 4) is 17.0 Å². The summed E-state index contributed by atoms with van der Waals surface area (Å²) < 4.78 is 5.70. The molecule has 0 amide bonds. The average Bonchev–Trinajstić information content (AvgIpc) is 2.84. The third-order valence-corrected chi connectivity index (χ3v) is 5.10. The smallest absolute Gasteiger partial charge is 0.321 e. The lowest BCUT2D eigenvalue weighted by Crippen LogP contribution is -2.42. The molecule has 0 aliphatic carbocycles. The Labute approximate surface area is 200 Å². The van der Waals surface area contributed by atoms with Crippen LogP contribution < -0.4 is 10.1 Å². The van der Waals surface area contributed by atoms with Gasteiger partial charge in [0.1, 0.15) is 18.4 Å². The predicted octanol–water partition coefficient (Wildman–Crippen LogP) is 4.56. The van der Waals surface area contributed by atoms with E-state index in [1.807, 2.05) is 87.5 Å². The molecule has 178 valence electrons. The van der Waals surface area contributed by atoms with E-state index in [1.165, 1.54) is 0 Å². The van der Waals surface area contributed by atoms with Crippen molar-refractivity contribution in [3.63, 3.8) is 0 Å². The Kier molecular flexibility index (Phi) is 9.17. The molecule has 0 spiro atoms. The van der Waals surface area contributed by atoms with Gasteiger partial charge in [-0.25, -0.2) is 0 Å². The lowest BCUT2D eigenvalue weighted by atomic mass is 10.1. The van der Waals surface area contributed by atoms with Gasteiger partial charge in [0.2, 0.25) is 0 Å². The molecule has 7 heteroatoms.